The van der Waals surface area contributed by atoms with Gasteiger partial charge in [-0.2, -0.15) is 0 Å². The molecule has 2 rings (SSSR count). The number of hydrogen-bond acceptors (Lipinski definition) is 1. The monoisotopic (exact) mass is 305 g/mol. The average molecular weight is 306 g/mol. The van der Waals surface area contributed by atoms with E-state index in [1.54, 1.807) is 0 Å². The second-order valence-electron chi connectivity index (χ2n) is 4.89. The molecule has 1 N–H and O–H groups in total. The van der Waals surface area contributed by atoms with Crippen LogP contribution in [-0.2, 0) is 6.42 Å². The minimum atomic E-state index is -0.617. The van der Waals surface area contributed by atoms with Crippen LogP contribution in [-0.4, -0.2) is 5.91 Å². The zero-order valence-corrected chi connectivity index (χ0v) is 12.7. The highest BCUT2D eigenvalue weighted by Gasteiger charge is 2.18. The topological polar surface area (TPSA) is 29.1 Å². The van der Waals surface area contributed by atoms with Crippen LogP contribution in [0.5, 0.6) is 0 Å². The Morgan fingerprint density at radius 2 is 1.90 bits per heavy atom. The molecule has 0 radical (unpaired) electrons. The Morgan fingerprint density at radius 3 is 2.48 bits per heavy atom. The van der Waals surface area contributed by atoms with Crippen molar-refractivity contribution >= 4 is 17.5 Å². The Kier molecular flexibility index (Phi) is 4.97. The lowest BCUT2D eigenvalue weighted by Gasteiger charge is -2.15. The van der Waals surface area contributed by atoms with Crippen molar-refractivity contribution in [2.45, 2.75) is 26.3 Å². The number of halogens is 2. The fourth-order valence-corrected chi connectivity index (χ4v) is 2.36. The normalized spacial score (nSPS) is 12.0. The first kappa shape index (κ1) is 15.5. The maximum Gasteiger partial charge on any atom is 0.256 e. The molecule has 0 heterocycles. The summed E-state index contributed by atoms with van der Waals surface area (Å²) in [5, 5.41) is 2.88. The molecule has 0 bridgehead atoms. The van der Waals surface area contributed by atoms with Crippen LogP contribution in [0.25, 0.3) is 0 Å². The Hall–Kier alpha value is -1.87. The van der Waals surface area contributed by atoms with Crippen LogP contribution in [0, 0.1) is 5.82 Å². The summed E-state index contributed by atoms with van der Waals surface area (Å²) in [4.78, 5) is 12.2. The smallest absolute Gasteiger partial charge is 0.256 e. The van der Waals surface area contributed by atoms with Gasteiger partial charge in [0.15, 0.2) is 0 Å². The van der Waals surface area contributed by atoms with Crippen molar-refractivity contribution in [3.63, 3.8) is 0 Å². The molecule has 0 aliphatic carbocycles. The van der Waals surface area contributed by atoms with Gasteiger partial charge in [0.05, 0.1) is 16.6 Å². The summed E-state index contributed by atoms with van der Waals surface area (Å²) in [5.74, 6) is -1.13. The molecule has 0 aliphatic rings. The Bertz CT molecular complexity index is 619. The van der Waals surface area contributed by atoms with E-state index in [4.69, 9.17) is 11.6 Å². The molecule has 1 atom stereocenters. The number of carbonyl (C=O) groups is 1. The highest BCUT2D eigenvalue weighted by atomic mass is 35.5. The zero-order chi connectivity index (χ0) is 15.4. The molecule has 1 unspecified atom stereocenters. The second kappa shape index (κ2) is 6.72. The Labute approximate surface area is 128 Å². The maximum absolute atomic E-state index is 13.7. The number of amides is 1. The molecule has 2 aromatic carbocycles. The van der Waals surface area contributed by atoms with E-state index in [2.05, 4.69) is 12.2 Å². The standard InChI is InChI=1S/C17H17ClFNO/c1-3-12-7-9-13(10-8-12)11(2)20-17(21)16-14(18)5-4-6-15(16)19/h4-11H,3H2,1-2H3,(H,20,21). The van der Waals surface area contributed by atoms with Crippen LogP contribution < -0.4 is 5.32 Å². The van der Waals surface area contributed by atoms with E-state index >= 15 is 0 Å². The number of carbonyl (C=O) groups excluding carboxylic acids is 1. The summed E-state index contributed by atoms with van der Waals surface area (Å²) in [6, 6.07) is 11.9. The van der Waals surface area contributed by atoms with Crippen LogP contribution in [0.1, 0.15) is 41.4 Å². The van der Waals surface area contributed by atoms with Crippen LogP contribution in [0.15, 0.2) is 42.5 Å². The lowest BCUT2D eigenvalue weighted by Crippen LogP contribution is -2.27. The lowest BCUT2D eigenvalue weighted by molar-refractivity contribution is 0.0936. The number of aryl methyl sites for hydroxylation is 1. The third-order valence-electron chi connectivity index (χ3n) is 3.43. The van der Waals surface area contributed by atoms with Crippen molar-refractivity contribution in [2.24, 2.45) is 0 Å². The molecule has 0 aromatic heterocycles. The summed E-state index contributed by atoms with van der Waals surface area (Å²) in [7, 11) is 0. The molecular weight excluding hydrogens is 289 g/mol. The highest BCUT2D eigenvalue weighted by Crippen LogP contribution is 2.21. The maximum atomic E-state index is 13.7. The number of nitrogens with one attached hydrogen (secondary N) is 1. The van der Waals surface area contributed by atoms with Gasteiger partial charge in [-0.1, -0.05) is 48.9 Å². The van der Waals surface area contributed by atoms with Crippen molar-refractivity contribution < 1.29 is 9.18 Å². The number of rotatable bonds is 4. The van der Waals surface area contributed by atoms with Gasteiger partial charge < -0.3 is 5.32 Å². The Morgan fingerprint density at radius 1 is 1.24 bits per heavy atom. The molecule has 4 heteroatoms. The fourth-order valence-electron chi connectivity index (χ4n) is 2.11. The van der Waals surface area contributed by atoms with Crippen molar-refractivity contribution in [1.29, 1.82) is 0 Å². The van der Waals surface area contributed by atoms with Gasteiger partial charge in [0.2, 0.25) is 0 Å². The van der Waals surface area contributed by atoms with Crippen LogP contribution in [0.4, 0.5) is 4.39 Å². The minimum Gasteiger partial charge on any atom is -0.345 e. The third-order valence-corrected chi connectivity index (χ3v) is 3.74. The highest BCUT2D eigenvalue weighted by molar-refractivity contribution is 6.33. The van der Waals surface area contributed by atoms with Gasteiger partial charge in [-0.25, -0.2) is 4.39 Å². The quantitative estimate of drug-likeness (QED) is 0.883. The van der Waals surface area contributed by atoms with Crippen LogP contribution >= 0.6 is 11.6 Å². The van der Waals surface area contributed by atoms with E-state index in [1.165, 1.54) is 23.8 Å². The van der Waals surface area contributed by atoms with Crippen molar-refractivity contribution in [3.05, 3.63) is 70.0 Å². The van der Waals surface area contributed by atoms with Crippen molar-refractivity contribution in [3.8, 4) is 0 Å². The predicted octanol–water partition coefficient (Wildman–Crippen LogP) is 4.53. The summed E-state index contributed by atoms with van der Waals surface area (Å²) < 4.78 is 13.7. The first-order valence-electron chi connectivity index (χ1n) is 6.86. The van der Waals surface area contributed by atoms with Gasteiger partial charge in [-0.3, -0.25) is 4.79 Å². The summed E-state index contributed by atoms with van der Waals surface area (Å²) in [5.41, 5.74) is 2.08. The van der Waals surface area contributed by atoms with Crippen molar-refractivity contribution in [2.75, 3.05) is 0 Å². The molecular formula is C17H17ClFNO. The molecule has 0 saturated carbocycles. The molecule has 21 heavy (non-hydrogen) atoms. The average Bonchev–Trinajstić information content (AvgIpc) is 2.47. The van der Waals surface area contributed by atoms with Gasteiger partial charge in [0.25, 0.3) is 5.91 Å². The molecule has 0 fully saturated rings. The van der Waals surface area contributed by atoms with E-state index in [9.17, 15) is 9.18 Å². The first-order chi connectivity index (χ1) is 10.0. The van der Waals surface area contributed by atoms with Gasteiger partial charge in [-0.15, -0.1) is 0 Å². The molecule has 0 saturated heterocycles. The van der Waals surface area contributed by atoms with E-state index in [0.717, 1.165) is 12.0 Å². The van der Waals surface area contributed by atoms with E-state index < -0.39 is 11.7 Å². The van der Waals surface area contributed by atoms with Crippen molar-refractivity contribution in [1.82, 2.24) is 5.32 Å². The lowest BCUT2D eigenvalue weighted by atomic mass is 10.0. The third kappa shape index (κ3) is 3.61. The first-order valence-corrected chi connectivity index (χ1v) is 7.24. The van der Waals surface area contributed by atoms with Gasteiger partial charge >= 0.3 is 0 Å². The number of benzene rings is 2. The molecule has 1 amide bonds. The van der Waals surface area contributed by atoms with Gasteiger partial charge in [0.1, 0.15) is 5.82 Å². The SMILES string of the molecule is CCc1ccc(C(C)NC(=O)c2c(F)cccc2Cl)cc1. The molecule has 110 valence electrons. The molecule has 0 aliphatic heterocycles. The van der Waals surface area contributed by atoms with Crippen LogP contribution in [0.2, 0.25) is 5.02 Å². The summed E-state index contributed by atoms with van der Waals surface area (Å²) in [6.07, 6.45) is 0.964. The van der Waals surface area contributed by atoms with Gasteiger partial charge in [-0.05, 0) is 36.6 Å². The second-order valence-corrected chi connectivity index (χ2v) is 5.29. The van der Waals surface area contributed by atoms with E-state index in [-0.39, 0.29) is 16.6 Å². The predicted molar refractivity (Wildman–Crippen MR) is 83.1 cm³/mol. The molecule has 2 nitrogen and oxygen atoms in total. The summed E-state index contributed by atoms with van der Waals surface area (Å²) >= 11 is 5.89. The van der Waals surface area contributed by atoms with Crippen LogP contribution in [0.3, 0.4) is 0 Å². The molecule has 2 aromatic rings. The van der Waals surface area contributed by atoms with Gasteiger partial charge in [0, 0.05) is 0 Å². The largest absolute Gasteiger partial charge is 0.345 e. The van der Waals surface area contributed by atoms with E-state index in [0.29, 0.717) is 0 Å². The van der Waals surface area contributed by atoms with E-state index in [1.807, 2.05) is 31.2 Å². The Balaban J connectivity index is 2.15. The minimum absolute atomic E-state index is 0.112. The zero-order valence-electron chi connectivity index (χ0n) is 12.0. The fraction of sp³-hybridized carbons (Fsp3) is 0.235. The summed E-state index contributed by atoms with van der Waals surface area (Å²) in [6.45, 7) is 3.94. The number of hydrogen-bond donors (Lipinski definition) is 1. The molecule has 0 spiro atoms.